The van der Waals surface area contributed by atoms with Crippen molar-refractivity contribution in [1.29, 1.82) is 0 Å². The zero-order valence-electron chi connectivity index (χ0n) is 4.87. The van der Waals surface area contributed by atoms with E-state index in [1.165, 1.54) is 11.3 Å². The number of thiophene rings is 1. The van der Waals surface area contributed by atoms with Crippen LogP contribution in [0.1, 0.15) is 5.56 Å². The van der Waals surface area contributed by atoms with Crippen molar-refractivity contribution in [3.63, 3.8) is 0 Å². The smallest absolute Gasteiger partial charge is 0.0739 e. The molecule has 0 spiro atoms. The molecule has 0 saturated carbocycles. The maximum absolute atomic E-state index is 10.2. The summed E-state index contributed by atoms with van der Waals surface area (Å²) in [6.45, 7) is 0. The lowest BCUT2D eigenvalue weighted by molar-refractivity contribution is 0.536. The highest BCUT2D eigenvalue weighted by Gasteiger charge is 1.98. The van der Waals surface area contributed by atoms with E-state index in [1.807, 2.05) is 5.38 Å². The maximum atomic E-state index is 10.2. The molecule has 0 aromatic carbocycles. The summed E-state index contributed by atoms with van der Waals surface area (Å²) in [5.41, 5.74) is 0.832. The average molecular weight is 240 g/mol. The normalized spacial score (nSPS) is 13.4. The molecule has 1 aromatic heterocycles. The van der Waals surface area contributed by atoms with Crippen molar-refractivity contribution < 1.29 is 8.76 Å². The Hall–Kier alpha value is 0.290. The third-order valence-corrected chi connectivity index (χ3v) is 3.32. The van der Waals surface area contributed by atoms with Gasteiger partial charge in [-0.25, -0.2) is 0 Å². The predicted octanol–water partition coefficient (Wildman–Crippen LogP) is 1.89. The Kier molecular flexibility index (Phi) is 3.03. The van der Waals surface area contributed by atoms with E-state index in [-0.39, 0.29) is 5.75 Å². The standard InChI is InChI=1S/C5H5BrO2S2/c6-5-4(1-2-9-5)3-10(7)8/h1-2H,3H2,(H,7,8)/p-1. The Labute approximate surface area is 73.7 Å². The quantitative estimate of drug-likeness (QED) is 0.740. The number of rotatable bonds is 2. The highest BCUT2D eigenvalue weighted by molar-refractivity contribution is 9.11. The first-order valence-corrected chi connectivity index (χ1v) is 5.39. The van der Waals surface area contributed by atoms with E-state index >= 15 is 0 Å². The lowest BCUT2D eigenvalue weighted by Gasteiger charge is -2.01. The van der Waals surface area contributed by atoms with Crippen LogP contribution in [0.15, 0.2) is 15.2 Å². The van der Waals surface area contributed by atoms with Crippen LogP contribution in [0.5, 0.6) is 0 Å². The van der Waals surface area contributed by atoms with Crippen LogP contribution in [0.3, 0.4) is 0 Å². The fourth-order valence-electron chi connectivity index (χ4n) is 0.549. The van der Waals surface area contributed by atoms with Gasteiger partial charge in [-0.1, -0.05) is 11.1 Å². The van der Waals surface area contributed by atoms with Gasteiger partial charge in [-0.2, -0.15) is 0 Å². The molecule has 1 heterocycles. The molecule has 1 unspecified atom stereocenters. The van der Waals surface area contributed by atoms with Gasteiger partial charge in [0.25, 0.3) is 0 Å². The van der Waals surface area contributed by atoms with Gasteiger partial charge in [-0.15, -0.1) is 11.3 Å². The Bertz CT molecular complexity index is 246. The van der Waals surface area contributed by atoms with Crippen molar-refractivity contribution >= 4 is 38.3 Å². The SMILES string of the molecule is O=S([O-])Cc1ccsc1Br. The van der Waals surface area contributed by atoms with Crippen LogP contribution in [0.25, 0.3) is 0 Å². The number of hydrogen-bond acceptors (Lipinski definition) is 3. The Morgan fingerprint density at radius 2 is 2.50 bits per heavy atom. The van der Waals surface area contributed by atoms with Crippen LogP contribution in [-0.4, -0.2) is 8.76 Å². The molecule has 0 aliphatic rings. The fourth-order valence-corrected chi connectivity index (χ4v) is 2.56. The van der Waals surface area contributed by atoms with E-state index in [1.54, 1.807) is 6.07 Å². The van der Waals surface area contributed by atoms with Crippen molar-refractivity contribution in [3.05, 3.63) is 20.8 Å². The first kappa shape index (κ1) is 8.39. The lowest BCUT2D eigenvalue weighted by atomic mass is 10.4. The molecule has 1 aromatic rings. The minimum Gasteiger partial charge on any atom is -0.772 e. The molecular weight excluding hydrogens is 236 g/mol. The largest absolute Gasteiger partial charge is 0.772 e. The second-order valence-corrected chi connectivity index (χ2v) is 4.80. The van der Waals surface area contributed by atoms with Gasteiger partial charge in [0.05, 0.1) is 3.79 Å². The van der Waals surface area contributed by atoms with Gasteiger partial charge >= 0.3 is 0 Å². The van der Waals surface area contributed by atoms with Crippen LogP contribution in [0, 0.1) is 0 Å². The van der Waals surface area contributed by atoms with Crippen molar-refractivity contribution in [2.24, 2.45) is 0 Å². The third-order valence-electron chi connectivity index (χ3n) is 0.967. The van der Waals surface area contributed by atoms with Gasteiger partial charge in [-0.05, 0) is 32.9 Å². The fraction of sp³-hybridized carbons (Fsp3) is 0.200. The van der Waals surface area contributed by atoms with E-state index in [9.17, 15) is 8.76 Å². The van der Waals surface area contributed by atoms with Crippen molar-refractivity contribution in [1.82, 2.24) is 0 Å². The van der Waals surface area contributed by atoms with Crippen LogP contribution < -0.4 is 0 Å². The molecule has 1 rings (SSSR count). The summed E-state index contributed by atoms with van der Waals surface area (Å²) in [4.78, 5) is 0. The molecule has 2 nitrogen and oxygen atoms in total. The summed E-state index contributed by atoms with van der Waals surface area (Å²) < 4.78 is 21.3. The van der Waals surface area contributed by atoms with Crippen molar-refractivity contribution in [3.8, 4) is 0 Å². The van der Waals surface area contributed by atoms with Gasteiger partial charge in [-0.3, -0.25) is 4.21 Å². The average Bonchev–Trinajstić information content (AvgIpc) is 2.15. The topological polar surface area (TPSA) is 40.1 Å². The molecule has 0 aliphatic carbocycles. The summed E-state index contributed by atoms with van der Waals surface area (Å²) in [5, 5.41) is 1.85. The van der Waals surface area contributed by atoms with E-state index in [4.69, 9.17) is 0 Å². The monoisotopic (exact) mass is 239 g/mol. The zero-order chi connectivity index (χ0) is 7.56. The maximum Gasteiger partial charge on any atom is 0.0739 e. The summed E-state index contributed by atoms with van der Waals surface area (Å²) in [7, 11) is 0. The molecule has 0 fully saturated rings. The Morgan fingerprint density at radius 3 is 2.90 bits per heavy atom. The Morgan fingerprint density at radius 1 is 1.80 bits per heavy atom. The third kappa shape index (κ3) is 2.16. The summed E-state index contributed by atoms with van der Waals surface area (Å²) in [6.07, 6.45) is 0. The lowest BCUT2D eigenvalue weighted by Crippen LogP contribution is -1.91. The zero-order valence-corrected chi connectivity index (χ0v) is 8.09. The van der Waals surface area contributed by atoms with E-state index in [0.29, 0.717) is 0 Å². The molecule has 5 heteroatoms. The second kappa shape index (κ2) is 3.61. The van der Waals surface area contributed by atoms with Gasteiger partial charge in [0.1, 0.15) is 0 Å². The predicted molar refractivity (Wildman–Crippen MR) is 44.6 cm³/mol. The summed E-state index contributed by atoms with van der Waals surface area (Å²) in [5.74, 6) is 0.101. The van der Waals surface area contributed by atoms with E-state index < -0.39 is 11.1 Å². The Balaban J connectivity index is 2.74. The highest BCUT2D eigenvalue weighted by atomic mass is 79.9. The molecule has 0 bridgehead atoms. The van der Waals surface area contributed by atoms with Crippen LogP contribution >= 0.6 is 27.3 Å². The molecule has 10 heavy (non-hydrogen) atoms. The number of halogens is 1. The summed E-state index contributed by atoms with van der Waals surface area (Å²) in [6, 6.07) is 1.80. The molecule has 0 saturated heterocycles. The molecule has 1 atom stereocenters. The minimum atomic E-state index is -1.98. The van der Waals surface area contributed by atoms with Crippen LogP contribution in [-0.2, 0) is 16.8 Å². The van der Waals surface area contributed by atoms with Crippen LogP contribution in [0.2, 0.25) is 0 Å². The molecule has 0 aliphatic heterocycles. The van der Waals surface area contributed by atoms with Gasteiger partial charge in [0, 0.05) is 5.75 Å². The second-order valence-electron chi connectivity index (χ2n) is 1.67. The van der Waals surface area contributed by atoms with Crippen molar-refractivity contribution in [2.45, 2.75) is 5.75 Å². The van der Waals surface area contributed by atoms with E-state index in [2.05, 4.69) is 15.9 Å². The number of hydrogen-bond donors (Lipinski definition) is 0. The van der Waals surface area contributed by atoms with Crippen molar-refractivity contribution in [2.75, 3.05) is 0 Å². The molecule has 0 radical (unpaired) electrons. The van der Waals surface area contributed by atoms with Gasteiger partial charge in [0.2, 0.25) is 0 Å². The first-order valence-electron chi connectivity index (χ1n) is 2.48. The highest BCUT2D eigenvalue weighted by Crippen LogP contribution is 2.23. The first-order chi connectivity index (χ1) is 4.70. The summed E-state index contributed by atoms with van der Waals surface area (Å²) >= 11 is 2.75. The van der Waals surface area contributed by atoms with Gasteiger partial charge in [0.15, 0.2) is 0 Å². The molecule has 0 amide bonds. The van der Waals surface area contributed by atoms with E-state index in [0.717, 1.165) is 9.35 Å². The molecule has 0 N–H and O–H groups in total. The minimum absolute atomic E-state index is 0.101. The molecular formula is C5H4BrO2S2-. The molecule has 56 valence electrons. The van der Waals surface area contributed by atoms with Gasteiger partial charge < -0.3 is 4.55 Å². The van der Waals surface area contributed by atoms with Crippen LogP contribution in [0.4, 0.5) is 0 Å².